The first-order valence-electron chi connectivity index (χ1n) is 8.22. The Bertz CT molecular complexity index is 672. The molecule has 3 heterocycles. The second-order valence-corrected chi connectivity index (χ2v) is 7.08. The van der Waals surface area contributed by atoms with E-state index in [1.165, 1.54) is 5.01 Å². The van der Waals surface area contributed by atoms with Crippen LogP contribution in [0.5, 0.6) is 0 Å². The molecule has 0 radical (unpaired) electrons. The van der Waals surface area contributed by atoms with Gasteiger partial charge in [0.1, 0.15) is 5.76 Å². The van der Waals surface area contributed by atoms with E-state index in [4.69, 9.17) is 9.51 Å². The van der Waals surface area contributed by atoms with Gasteiger partial charge in [-0.3, -0.25) is 4.79 Å². The highest BCUT2D eigenvalue weighted by Crippen LogP contribution is 2.30. The lowest BCUT2D eigenvalue weighted by atomic mass is 9.98. The Hall–Kier alpha value is -1.69. The average molecular weight is 333 g/mol. The van der Waals surface area contributed by atoms with E-state index in [-0.39, 0.29) is 5.91 Å². The molecule has 2 aromatic rings. The first-order valence-corrected chi connectivity index (χ1v) is 9.10. The summed E-state index contributed by atoms with van der Waals surface area (Å²) in [5.41, 5.74) is 2.90. The minimum Gasteiger partial charge on any atom is -0.361 e. The van der Waals surface area contributed by atoms with Crippen molar-refractivity contribution < 1.29 is 9.32 Å². The van der Waals surface area contributed by atoms with E-state index in [0.29, 0.717) is 12.3 Å². The number of nitrogens with zero attached hydrogens (tertiary/aromatic N) is 3. The van der Waals surface area contributed by atoms with Crippen LogP contribution in [0.15, 0.2) is 9.90 Å². The molecule has 0 saturated carbocycles. The second-order valence-electron chi connectivity index (χ2n) is 6.19. The van der Waals surface area contributed by atoms with Crippen LogP contribution in [0.4, 0.5) is 0 Å². The van der Waals surface area contributed by atoms with Crippen molar-refractivity contribution in [3.63, 3.8) is 0 Å². The van der Waals surface area contributed by atoms with Crippen LogP contribution in [-0.4, -0.2) is 34.0 Å². The van der Waals surface area contributed by atoms with E-state index in [2.05, 4.69) is 17.5 Å². The molecule has 1 fully saturated rings. The second kappa shape index (κ2) is 6.83. The number of carbonyl (C=O) groups is 1. The molecule has 6 heteroatoms. The minimum absolute atomic E-state index is 0.163. The van der Waals surface area contributed by atoms with Gasteiger partial charge in [-0.1, -0.05) is 12.1 Å². The molecule has 0 unspecified atom stereocenters. The maximum Gasteiger partial charge on any atom is 0.227 e. The average Bonchev–Trinajstić information content (AvgIpc) is 3.17. The molecule has 0 N–H and O–H groups in total. The topological polar surface area (TPSA) is 59.2 Å². The van der Waals surface area contributed by atoms with Crippen LogP contribution in [0.1, 0.15) is 53.4 Å². The lowest BCUT2D eigenvalue weighted by Crippen LogP contribution is -2.40. The Morgan fingerprint density at radius 2 is 2.30 bits per heavy atom. The molecule has 1 atom stereocenters. The molecule has 0 aliphatic carbocycles. The van der Waals surface area contributed by atoms with Crippen LogP contribution in [0, 0.1) is 13.8 Å². The monoisotopic (exact) mass is 333 g/mol. The zero-order valence-corrected chi connectivity index (χ0v) is 14.8. The summed E-state index contributed by atoms with van der Waals surface area (Å²) in [6.45, 7) is 7.49. The number of likely N-dealkylation sites (tertiary alicyclic amines) is 1. The van der Waals surface area contributed by atoms with E-state index in [1.807, 2.05) is 18.7 Å². The van der Waals surface area contributed by atoms with E-state index < -0.39 is 0 Å². The summed E-state index contributed by atoms with van der Waals surface area (Å²) in [7, 11) is 0. The summed E-state index contributed by atoms with van der Waals surface area (Å²) < 4.78 is 5.16. The predicted molar refractivity (Wildman–Crippen MR) is 89.7 cm³/mol. The number of aromatic nitrogens is 2. The highest BCUT2D eigenvalue weighted by molar-refractivity contribution is 7.09. The van der Waals surface area contributed by atoms with Gasteiger partial charge in [-0.15, -0.1) is 11.3 Å². The number of amides is 1. The lowest BCUT2D eigenvalue weighted by Gasteiger charge is -2.32. The molecule has 1 amide bonds. The van der Waals surface area contributed by atoms with Crippen LogP contribution in [-0.2, 0) is 17.6 Å². The fourth-order valence-electron chi connectivity index (χ4n) is 3.10. The van der Waals surface area contributed by atoms with Gasteiger partial charge < -0.3 is 9.42 Å². The van der Waals surface area contributed by atoms with Crippen LogP contribution >= 0.6 is 11.3 Å². The van der Waals surface area contributed by atoms with Gasteiger partial charge in [-0.05, 0) is 33.1 Å². The van der Waals surface area contributed by atoms with Gasteiger partial charge in [0.15, 0.2) is 0 Å². The zero-order valence-electron chi connectivity index (χ0n) is 14.0. The molecule has 3 rings (SSSR count). The molecular formula is C17H23N3O2S. The summed E-state index contributed by atoms with van der Waals surface area (Å²) >= 11 is 1.73. The molecule has 0 spiro atoms. The van der Waals surface area contributed by atoms with Crippen molar-refractivity contribution in [3.8, 4) is 0 Å². The molecule has 5 nitrogen and oxygen atoms in total. The summed E-state index contributed by atoms with van der Waals surface area (Å²) in [4.78, 5) is 19.3. The van der Waals surface area contributed by atoms with Gasteiger partial charge in [0.25, 0.3) is 0 Å². The van der Waals surface area contributed by atoms with Gasteiger partial charge in [-0.2, -0.15) is 0 Å². The Morgan fingerprint density at radius 3 is 2.96 bits per heavy atom. The number of aryl methyl sites for hydroxylation is 3. The largest absolute Gasteiger partial charge is 0.361 e. The normalized spacial score (nSPS) is 18.4. The fraction of sp³-hybridized carbons (Fsp3) is 0.588. The molecule has 23 heavy (non-hydrogen) atoms. The Balaban J connectivity index is 1.67. The van der Waals surface area contributed by atoms with Crippen molar-refractivity contribution in [1.82, 2.24) is 15.0 Å². The van der Waals surface area contributed by atoms with Gasteiger partial charge in [0.2, 0.25) is 5.91 Å². The Labute approximate surface area is 140 Å². The van der Waals surface area contributed by atoms with Crippen LogP contribution < -0.4 is 0 Å². The SMILES string of the molecule is CCc1csc([C@@H]2CCCN(C(=O)Cc3c(C)noc3C)C2)n1. The maximum absolute atomic E-state index is 12.6. The van der Waals surface area contributed by atoms with Crippen molar-refractivity contribution in [2.45, 2.75) is 52.4 Å². The van der Waals surface area contributed by atoms with Crippen molar-refractivity contribution in [1.29, 1.82) is 0 Å². The minimum atomic E-state index is 0.163. The van der Waals surface area contributed by atoms with Crippen molar-refractivity contribution in [3.05, 3.63) is 33.1 Å². The van der Waals surface area contributed by atoms with E-state index in [9.17, 15) is 4.79 Å². The standard InChI is InChI=1S/C17H23N3O2S/c1-4-14-10-23-17(18-14)13-6-5-7-20(9-13)16(21)8-15-11(2)19-22-12(15)3/h10,13H,4-9H2,1-3H3/t13-/m1/s1. The van der Waals surface area contributed by atoms with Gasteiger partial charge in [0.05, 0.1) is 22.8 Å². The van der Waals surface area contributed by atoms with Crippen molar-refractivity contribution in [2.24, 2.45) is 0 Å². The molecule has 124 valence electrons. The summed E-state index contributed by atoms with van der Waals surface area (Å²) in [6, 6.07) is 0. The number of hydrogen-bond acceptors (Lipinski definition) is 5. The van der Waals surface area contributed by atoms with Gasteiger partial charge in [-0.25, -0.2) is 4.98 Å². The smallest absolute Gasteiger partial charge is 0.227 e. The number of piperidine rings is 1. The Kier molecular flexibility index (Phi) is 4.80. The maximum atomic E-state index is 12.6. The first kappa shape index (κ1) is 16.2. The van der Waals surface area contributed by atoms with Crippen LogP contribution in [0.3, 0.4) is 0 Å². The number of carbonyl (C=O) groups excluding carboxylic acids is 1. The third kappa shape index (κ3) is 3.47. The summed E-state index contributed by atoms with van der Waals surface area (Å²) in [6.07, 6.45) is 3.51. The first-order chi connectivity index (χ1) is 11.1. The van der Waals surface area contributed by atoms with Gasteiger partial charge in [0, 0.05) is 30.0 Å². The molecule has 0 bridgehead atoms. The van der Waals surface area contributed by atoms with Crippen LogP contribution in [0.25, 0.3) is 0 Å². The molecule has 1 aliphatic rings. The quantitative estimate of drug-likeness (QED) is 0.862. The predicted octanol–water partition coefficient (Wildman–Crippen LogP) is 3.26. The van der Waals surface area contributed by atoms with Crippen LogP contribution in [0.2, 0.25) is 0 Å². The van der Waals surface area contributed by atoms with Crippen molar-refractivity contribution >= 4 is 17.2 Å². The van der Waals surface area contributed by atoms with E-state index in [1.54, 1.807) is 11.3 Å². The van der Waals surface area contributed by atoms with Gasteiger partial charge >= 0.3 is 0 Å². The summed E-state index contributed by atoms with van der Waals surface area (Å²) in [5.74, 6) is 1.29. The number of thiazole rings is 1. The lowest BCUT2D eigenvalue weighted by molar-refractivity contribution is -0.131. The van der Waals surface area contributed by atoms with E-state index >= 15 is 0 Å². The van der Waals surface area contributed by atoms with Crippen molar-refractivity contribution in [2.75, 3.05) is 13.1 Å². The highest BCUT2D eigenvalue weighted by atomic mass is 32.1. The third-order valence-corrected chi connectivity index (χ3v) is 5.62. The summed E-state index contributed by atoms with van der Waals surface area (Å²) in [5, 5.41) is 7.25. The zero-order chi connectivity index (χ0) is 16.4. The third-order valence-electron chi connectivity index (χ3n) is 4.56. The highest BCUT2D eigenvalue weighted by Gasteiger charge is 2.27. The number of hydrogen-bond donors (Lipinski definition) is 0. The number of rotatable bonds is 4. The molecule has 0 aromatic carbocycles. The Morgan fingerprint density at radius 1 is 1.48 bits per heavy atom. The van der Waals surface area contributed by atoms with E-state index in [0.717, 1.165) is 55.1 Å². The molecule has 1 aliphatic heterocycles. The molecule has 2 aromatic heterocycles. The fourth-order valence-corrected chi connectivity index (χ4v) is 4.13. The molecular weight excluding hydrogens is 310 g/mol. The molecule has 1 saturated heterocycles.